The molecule has 1 unspecified atom stereocenters. The lowest BCUT2D eigenvalue weighted by atomic mass is 10.1. The SMILES string of the molecule is COc1ccc(Cc2noc(CCC(C)CN)n2)cn1. The molecule has 0 aliphatic carbocycles. The number of rotatable bonds is 7. The molecule has 2 aromatic rings. The summed E-state index contributed by atoms with van der Waals surface area (Å²) in [6.45, 7) is 2.79. The number of hydrogen-bond donors (Lipinski definition) is 1. The number of ether oxygens (including phenoxy) is 1. The number of nitrogens with two attached hydrogens (primary N) is 1. The van der Waals surface area contributed by atoms with Crippen LogP contribution < -0.4 is 10.5 Å². The highest BCUT2D eigenvalue weighted by atomic mass is 16.5. The first kappa shape index (κ1) is 14.5. The molecule has 1 atom stereocenters. The van der Waals surface area contributed by atoms with Crippen molar-refractivity contribution in [2.75, 3.05) is 13.7 Å². The molecule has 0 aliphatic heterocycles. The summed E-state index contributed by atoms with van der Waals surface area (Å²) in [5.41, 5.74) is 6.61. The van der Waals surface area contributed by atoms with E-state index in [9.17, 15) is 0 Å². The molecule has 6 nitrogen and oxygen atoms in total. The fraction of sp³-hybridized carbons (Fsp3) is 0.500. The molecule has 2 heterocycles. The zero-order valence-electron chi connectivity index (χ0n) is 11.9. The Hall–Kier alpha value is -1.95. The lowest BCUT2D eigenvalue weighted by Crippen LogP contribution is -2.11. The van der Waals surface area contributed by atoms with Crippen LogP contribution in [-0.2, 0) is 12.8 Å². The first-order valence-electron chi connectivity index (χ1n) is 6.71. The van der Waals surface area contributed by atoms with E-state index in [4.69, 9.17) is 15.0 Å². The first-order chi connectivity index (χ1) is 9.71. The Labute approximate surface area is 118 Å². The van der Waals surface area contributed by atoms with Crippen LogP contribution >= 0.6 is 0 Å². The van der Waals surface area contributed by atoms with Gasteiger partial charge in [0.2, 0.25) is 11.8 Å². The van der Waals surface area contributed by atoms with E-state index in [2.05, 4.69) is 22.0 Å². The number of nitrogens with zero attached hydrogens (tertiary/aromatic N) is 3. The predicted molar refractivity (Wildman–Crippen MR) is 74.4 cm³/mol. The van der Waals surface area contributed by atoms with Crippen LogP contribution in [0.2, 0.25) is 0 Å². The lowest BCUT2D eigenvalue weighted by molar-refractivity contribution is 0.362. The van der Waals surface area contributed by atoms with Gasteiger partial charge in [-0.2, -0.15) is 4.98 Å². The summed E-state index contributed by atoms with van der Waals surface area (Å²) in [6.07, 6.45) is 4.09. The molecule has 108 valence electrons. The fourth-order valence-corrected chi connectivity index (χ4v) is 1.77. The predicted octanol–water partition coefficient (Wildman–Crippen LogP) is 1.59. The number of aromatic nitrogens is 3. The van der Waals surface area contributed by atoms with Gasteiger partial charge in [-0.25, -0.2) is 4.98 Å². The third-order valence-electron chi connectivity index (χ3n) is 3.13. The number of pyridine rings is 1. The van der Waals surface area contributed by atoms with Gasteiger partial charge in [-0.3, -0.25) is 0 Å². The molecule has 0 radical (unpaired) electrons. The van der Waals surface area contributed by atoms with Crippen molar-refractivity contribution in [3.63, 3.8) is 0 Å². The fourth-order valence-electron chi connectivity index (χ4n) is 1.77. The van der Waals surface area contributed by atoms with Gasteiger partial charge < -0.3 is 15.0 Å². The molecular formula is C14H20N4O2. The molecule has 0 aromatic carbocycles. The minimum Gasteiger partial charge on any atom is -0.481 e. The highest BCUT2D eigenvalue weighted by Gasteiger charge is 2.09. The monoisotopic (exact) mass is 276 g/mol. The Morgan fingerprint density at radius 2 is 2.25 bits per heavy atom. The van der Waals surface area contributed by atoms with Gasteiger partial charge in [0, 0.05) is 25.1 Å². The quantitative estimate of drug-likeness (QED) is 0.826. The average molecular weight is 276 g/mol. The lowest BCUT2D eigenvalue weighted by Gasteiger charge is -2.03. The molecule has 0 fully saturated rings. The van der Waals surface area contributed by atoms with Crippen LogP contribution in [0.25, 0.3) is 0 Å². The van der Waals surface area contributed by atoms with Crippen molar-refractivity contribution in [2.24, 2.45) is 11.7 Å². The van der Waals surface area contributed by atoms with Crippen molar-refractivity contribution < 1.29 is 9.26 Å². The maximum atomic E-state index is 5.58. The molecule has 0 spiro atoms. The van der Waals surface area contributed by atoms with Crippen LogP contribution in [0.5, 0.6) is 5.88 Å². The molecule has 2 aromatic heterocycles. The van der Waals surface area contributed by atoms with Crippen molar-refractivity contribution in [2.45, 2.75) is 26.2 Å². The molecule has 0 amide bonds. The summed E-state index contributed by atoms with van der Waals surface area (Å²) < 4.78 is 10.2. The van der Waals surface area contributed by atoms with Gasteiger partial charge >= 0.3 is 0 Å². The molecule has 0 aliphatic rings. The average Bonchev–Trinajstić information content (AvgIpc) is 2.93. The molecule has 2 rings (SSSR count). The van der Waals surface area contributed by atoms with Crippen LogP contribution in [0.3, 0.4) is 0 Å². The largest absolute Gasteiger partial charge is 0.481 e. The second-order valence-electron chi connectivity index (χ2n) is 4.87. The Balaban J connectivity index is 1.91. The van der Waals surface area contributed by atoms with E-state index in [0.717, 1.165) is 18.4 Å². The summed E-state index contributed by atoms with van der Waals surface area (Å²) in [4.78, 5) is 8.53. The van der Waals surface area contributed by atoms with E-state index >= 15 is 0 Å². The van der Waals surface area contributed by atoms with Crippen molar-refractivity contribution in [1.29, 1.82) is 0 Å². The van der Waals surface area contributed by atoms with Gasteiger partial charge in [0.15, 0.2) is 5.82 Å². The molecule has 0 bridgehead atoms. The smallest absolute Gasteiger partial charge is 0.226 e. The van der Waals surface area contributed by atoms with Gasteiger partial charge in [-0.1, -0.05) is 18.1 Å². The Morgan fingerprint density at radius 3 is 2.90 bits per heavy atom. The second kappa shape index (κ2) is 7.00. The van der Waals surface area contributed by atoms with Crippen LogP contribution in [0, 0.1) is 5.92 Å². The van der Waals surface area contributed by atoms with Crippen LogP contribution in [0.1, 0.15) is 30.6 Å². The van der Waals surface area contributed by atoms with E-state index in [1.165, 1.54) is 0 Å². The zero-order chi connectivity index (χ0) is 14.4. The molecule has 6 heteroatoms. The molecular weight excluding hydrogens is 256 g/mol. The van der Waals surface area contributed by atoms with Gasteiger partial charge in [-0.15, -0.1) is 0 Å². The molecule has 2 N–H and O–H groups in total. The second-order valence-corrected chi connectivity index (χ2v) is 4.87. The van der Waals surface area contributed by atoms with Gasteiger partial charge in [0.25, 0.3) is 0 Å². The maximum absolute atomic E-state index is 5.58. The topological polar surface area (TPSA) is 87.1 Å². The Kier molecular flexibility index (Phi) is 5.06. The minimum absolute atomic E-state index is 0.469. The first-order valence-corrected chi connectivity index (χ1v) is 6.71. The standard InChI is InChI=1S/C14H20N4O2/c1-10(8-15)3-5-14-17-12(18-20-14)7-11-4-6-13(19-2)16-9-11/h4,6,9-10H,3,5,7-8,15H2,1-2H3. The van der Waals surface area contributed by atoms with Gasteiger partial charge in [-0.05, 0) is 24.4 Å². The third kappa shape index (κ3) is 4.03. The van der Waals surface area contributed by atoms with Crippen LogP contribution in [-0.4, -0.2) is 28.8 Å². The Bertz CT molecular complexity index is 524. The van der Waals surface area contributed by atoms with Crippen molar-refractivity contribution in [1.82, 2.24) is 15.1 Å². The van der Waals surface area contributed by atoms with Crippen LogP contribution in [0.15, 0.2) is 22.9 Å². The highest BCUT2D eigenvalue weighted by Crippen LogP contribution is 2.12. The maximum Gasteiger partial charge on any atom is 0.226 e. The third-order valence-corrected chi connectivity index (χ3v) is 3.13. The number of methoxy groups -OCH3 is 1. The van der Waals surface area contributed by atoms with Gasteiger partial charge in [0.05, 0.1) is 7.11 Å². The van der Waals surface area contributed by atoms with E-state index in [1.807, 2.05) is 12.1 Å². The van der Waals surface area contributed by atoms with Crippen molar-refractivity contribution >= 4 is 0 Å². The molecule has 0 saturated heterocycles. The van der Waals surface area contributed by atoms with Crippen molar-refractivity contribution in [3.05, 3.63) is 35.6 Å². The zero-order valence-corrected chi connectivity index (χ0v) is 11.9. The van der Waals surface area contributed by atoms with E-state index in [0.29, 0.717) is 36.5 Å². The normalized spacial score (nSPS) is 12.3. The van der Waals surface area contributed by atoms with E-state index in [1.54, 1.807) is 13.3 Å². The summed E-state index contributed by atoms with van der Waals surface area (Å²) in [5, 5.41) is 3.98. The summed E-state index contributed by atoms with van der Waals surface area (Å²) in [6, 6.07) is 3.76. The summed E-state index contributed by atoms with van der Waals surface area (Å²) in [7, 11) is 1.59. The molecule has 0 saturated carbocycles. The Morgan fingerprint density at radius 1 is 1.40 bits per heavy atom. The van der Waals surface area contributed by atoms with E-state index in [-0.39, 0.29) is 0 Å². The number of aryl methyl sites for hydroxylation is 1. The summed E-state index contributed by atoms with van der Waals surface area (Å²) in [5.74, 6) is 2.41. The highest BCUT2D eigenvalue weighted by molar-refractivity contribution is 5.20. The minimum atomic E-state index is 0.469. The van der Waals surface area contributed by atoms with Crippen molar-refractivity contribution in [3.8, 4) is 5.88 Å². The molecule has 20 heavy (non-hydrogen) atoms. The number of hydrogen-bond acceptors (Lipinski definition) is 6. The van der Waals surface area contributed by atoms with Crippen LogP contribution in [0.4, 0.5) is 0 Å². The van der Waals surface area contributed by atoms with E-state index < -0.39 is 0 Å². The summed E-state index contributed by atoms with van der Waals surface area (Å²) >= 11 is 0. The van der Waals surface area contributed by atoms with Gasteiger partial charge in [0.1, 0.15) is 0 Å².